The van der Waals surface area contributed by atoms with Gasteiger partial charge in [0, 0.05) is 36.9 Å². The van der Waals surface area contributed by atoms with Gasteiger partial charge in [-0.1, -0.05) is 97.4 Å². The molecule has 1 N–H and O–H groups in total. The lowest BCUT2D eigenvalue weighted by atomic mass is 10.0. The van der Waals surface area contributed by atoms with Gasteiger partial charge in [-0.15, -0.1) is 0 Å². The second kappa shape index (κ2) is 14.5. The lowest BCUT2D eigenvalue weighted by molar-refractivity contribution is -0.141. The second-order valence-electron chi connectivity index (χ2n) is 9.32. The molecule has 0 aliphatic rings. The number of hydrogen-bond donors (Lipinski definition) is 1. The van der Waals surface area contributed by atoms with Gasteiger partial charge in [0.05, 0.1) is 0 Å². The summed E-state index contributed by atoms with van der Waals surface area (Å²) in [6.45, 7) is 6.52. The third kappa shape index (κ3) is 8.87. The number of amides is 2. The van der Waals surface area contributed by atoms with E-state index in [2.05, 4.69) is 43.4 Å². The highest BCUT2D eigenvalue weighted by molar-refractivity contribution is 7.98. The van der Waals surface area contributed by atoms with Crippen LogP contribution in [0.25, 0.3) is 0 Å². The van der Waals surface area contributed by atoms with E-state index in [1.54, 1.807) is 16.7 Å². The highest BCUT2D eigenvalue weighted by atomic mass is 32.2. The Morgan fingerprint density at radius 3 is 2.08 bits per heavy atom. The molecule has 3 rings (SSSR count). The average molecular weight is 503 g/mol. The van der Waals surface area contributed by atoms with E-state index in [0.717, 1.165) is 23.3 Å². The van der Waals surface area contributed by atoms with Gasteiger partial charge in [-0.25, -0.2) is 0 Å². The number of hydrogen-bond acceptors (Lipinski definition) is 3. The monoisotopic (exact) mass is 502 g/mol. The molecule has 0 bridgehead atoms. The van der Waals surface area contributed by atoms with E-state index >= 15 is 0 Å². The fourth-order valence-electron chi connectivity index (χ4n) is 3.95. The summed E-state index contributed by atoms with van der Waals surface area (Å²) >= 11 is 1.75. The van der Waals surface area contributed by atoms with Gasteiger partial charge in [0.15, 0.2) is 0 Å². The maximum Gasteiger partial charge on any atom is 0.243 e. The number of nitrogens with zero attached hydrogens (tertiary/aromatic N) is 1. The predicted octanol–water partition coefficient (Wildman–Crippen LogP) is 6.17. The number of aryl methyl sites for hydroxylation is 1. The molecule has 190 valence electrons. The van der Waals surface area contributed by atoms with E-state index in [9.17, 15) is 9.59 Å². The first-order chi connectivity index (χ1) is 17.5. The third-order valence-electron chi connectivity index (χ3n) is 6.32. The molecule has 4 nitrogen and oxygen atoms in total. The molecule has 0 heterocycles. The second-order valence-corrected chi connectivity index (χ2v) is 10.4. The Kier molecular flexibility index (Phi) is 11.1. The Hall–Kier alpha value is -3.05. The SMILES string of the molecule is CC[C@H](C)NC(=O)[C@H](Cc1ccccc1)N(Cc1ccc(C)cc1)C(=O)CCSCc1ccccc1. The molecule has 0 aromatic heterocycles. The van der Waals surface area contributed by atoms with Crippen molar-refractivity contribution in [1.82, 2.24) is 10.2 Å². The molecular formula is C31H38N2O2S. The van der Waals surface area contributed by atoms with Gasteiger partial charge in [0.25, 0.3) is 0 Å². The van der Waals surface area contributed by atoms with Crippen LogP contribution >= 0.6 is 11.8 Å². The molecule has 0 spiro atoms. The highest BCUT2D eigenvalue weighted by Crippen LogP contribution is 2.19. The zero-order valence-electron chi connectivity index (χ0n) is 21.7. The van der Waals surface area contributed by atoms with Gasteiger partial charge in [0.1, 0.15) is 6.04 Å². The Morgan fingerprint density at radius 2 is 1.47 bits per heavy atom. The minimum Gasteiger partial charge on any atom is -0.352 e. The lowest BCUT2D eigenvalue weighted by Crippen LogP contribution is -2.52. The number of rotatable bonds is 13. The number of nitrogens with one attached hydrogen (secondary N) is 1. The first-order valence-corrected chi connectivity index (χ1v) is 13.9. The van der Waals surface area contributed by atoms with Crippen molar-refractivity contribution < 1.29 is 9.59 Å². The zero-order chi connectivity index (χ0) is 25.8. The smallest absolute Gasteiger partial charge is 0.243 e. The van der Waals surface area contributed by atoms with Gasteiger partial charge < -0.3 is 10.2 Å². The summed E-state index contributed by atoms with van der Waals surface area (Å²) in [6, 6.07) is 27.9. The van der Waals surface area contributed by atoms with Crippen molar-refractivity contribution in [3.63, 3.8) is 0 Å². The standard InChI is InChI=1S/C31H38N2O2S/c1-4-25(3)32-31(35)29(21-26-11-7-5-8-12-26)33(22-27-17-15-24(2)16-18-27)30(34)19-20-36-23-28-13-9-6-10-14-28/h5-18,25,29H,4,19-23H2,1-3H3,(H,32,35)/t25-,29-/m0/s1. The van der Waals surface area contributed by atoms with E-state index in [-0.39, 0.29) is 17.9 Å². The number of carbonyl (C=O) groups is 2. The van der Waals surface area contributed by atoms with Gasteiger partial charge in [0.2, 0.25) is 11.8 Å². The molecule has 3 aromatic rings. The van der Waals surface area contributed by atoms with E-state index in [4.69, 9.17) is 0 Å². The van der Waals surface area contributed by atoms with Crippen molar-refractivity contribution in [2.45, 2.75) is 64.4 Å². The molecular weight excluding hydrogens is 464 g/mol. The summed E-state index contributed by atoms with van der Waals surface area (Å²) in [6.07, 6.45) is 1.72. The first kappa shape index (κ1) is 27.5. The Labute approximate surface area is 220 Å². The Balaban J connectivity index is 1.80. The van der Waals surface area contributed by atoms with Crippen molar-refractivity contribution in [3.05, 3.63) is 107 Å². The minimum absolute atomic E-state index is 0.0105. The van der Waals surface area contributed by atoms with E-state index in [1.807, 2.05) is 67.6 Å². The third-order valence-corrected chi connectivity index (χ3v) is 7.35. The van der Waals surface area contributed by atoms with Gasteiger partial charge in [-0.05, 0) is 37.0 Å². The summed E-state index contributed by atoms with van der Waals surface area (Å²) in [7, 11) is 0. The van der Waals surface area contributed by atoms with Crippen molar-refractivity contribution in [3.8, 4) is 0 Å². The van der Waals surface area contributed by atoms with Gasteiger partial charge >= 0.3 is 0 Å². The van der Waals surface area contributed by atoms with Crippen LogP contribution in [0.2, 0.25) is 0 Å². The van der Waals surface area contributed by atoms with Gasteiger partial charge in [-0.2, -0.15) is 11.8 Å². The van der Waals surface area contributed by atoms with Crippen molar-refractivity contribution in [2.24, 2.45) is 0 Å². The van der Waals surface area contributed by atoms with Crippen LogP contribution in [0.15, 0.2) is 84.9 Å². The van der Waals surface area contributed by atoms with Crippen LogP contribution in [0.1, 0.15) is 48.9 Å². The lowest BCUT2D eigenvalue weighted by Gasteiger charge is -2.32. The van der Waals surface area contributed by atoms with Crippen molar-refractivity contribution in [1.29, 1.82) is 0 Å². The van der Waals surface area contributed by atoms with Gasteiger partial charge in [-0.3, -0.25) is 9.59 Å². The van der Waals surface area contributed by atoms with Crippen molar-refractivity contribution >= 4 is 23.6 Å². The average Bonchev–Trinajstić information content (AvgIpc) is 2.90. The Bertz CT molecular complexity index is 1070. The molecule has 0 aliphatic carbocycles. The normalized spacial score (nSPS) is 12.5. The zero-order valence-corrected chi connectivity index (χ0v) is 22.5. The fourth-order valence-corrected chi connectivity index (χ4v) is 4.84. The summed E-state index contributed by atoms with van der Waals surface area (Å²) in [5.74, 6) is 1.50. The summed E-state index contributed by atoms with van der Waals surface area (Å²) in [4.78, 5) is 29.0. The predicted molar refractivity (Wildman–Crippen MR) is 151 cm³/mol. The summed E-state index contributed by atoms with van der Waals surface area (Å²) < 4.78 is 0. The summed E-state index contributed by atoms with van der Waals surface area (Å²) in [5, 5.41) is 3.13. The molecule has 2 atom stereocenters. The number of carbonyl (C=O) groups excluding carboxylic acids is 2. The van der Waals surface area contributed by atoms with Crippen LogP contribution in [0.3, 0.4) is 0 Å². The maximum atomic E-state index is 13.6. The van der Waals surface area contributed by atoms with Crippen LogP contribution in [0.5, 0.6) is 0 Å². The Morgan fingerprint density at radius 1 is 0.861 bits per heavy atom. The first-order valence-electron chi connectivity index (χ1n) is 12.8. The van der Waals surface area contributed by atoms with E-state index in [0.29, 0.717) is 25.1 Å². The topological polar surface area (TPSA) is 49.4 Å². The molecule has 3 aromatic carbocycles. The minimum atomic E-state index is -0.575. The molecule has 2 amide bonds. The van der Waals surface area contributed by atoms with Crippen LogP contribution in [0, 0.1) is 6.92 Å². The fraction of sp³-hybridized carbons (Fsp3) is 0.355. The van der Waals surface area contributed by atoms with E-state index in [1.165, 1.54) is 11.1 Å². The van der Waals surface area contributed by atoms with Crippen molar-refractivity contribution in [2.75, 3.05) is 5.75 Å². The highest BCUT2D eigenvalue weighted by Gasteiger charge is 2.30. The van der Waals surface area contributed by atoms with E-state index < -0.39 is 6.04 Å². The molecule has 0 saturated carbocycles. The van der Waals surface area contributed by atoms with Crippen LogP contribution in [-0.4, -0.2) is 34.6 Å². The van der Waals surface area contributed by atoms with Crippen LogP contribution in [-0.2, 0) is 28.3 Å². The van der Waals surface area contributed by atoms with Crippen LogP contribution in [0.4, 0.5) is 0 Å². The van der Waals surface area contributed by atoms with Crippen LogP contribution < -0.4 is 5.32 Å². The molecule has 0 saturated heterocycles. The molecule has 0 aliphatic heterocycles. The quantitative estimate of drug-likeness (QED) is 0.284. The number of benzene rings is 3. The molecule has 0 radical (unpaired) electrons. The molecule has 5 heteroatoms. The molecule has 0 fully saturated rings. The maximum absolute atomic E-state index is 13.6. The molecule has 0 unspecified atom stereocenters. The summed E-state index contributed by atoms with van der Waals surface area (Å²) in [5.41, 5.74) is 4.49. The number of thioether (sulfide) groups is 1. The molecule has 36 heavy (non-hydrogen) atoms. The largest absolute Gasteiger partial charge is 0.352 e.